The topological polar surface area (TPSA) is 82.1 Å². The van der Waals surface area contributed by atoms with E-state index >= 15 is 0 Å². The van der Waals surface area contributed by atoms with Gasteiger partial charge in [-0.15, -0.1) is 0 Å². The summed E-state index contributed by atoms with van der Waals surface area (Å²) in [6.45, 7) is -0.110. The van der Waals surface area contributed by atoms with E-state index in [4.69, 9.17) is 14.2 Å². The largest absolute Gasteiger partial charge is 0.459 e. The first-order chi connectivity index (χ1) is 12.6. The van der Waals surface area contributed by atoms with Gasteiger partial charge in [0.05, 0.1) is 23.8 Å². The van der Waals surface area contributed by atoms with Crippen LogP contribution >= 0.6 is 0 Å². The highest BCUT2D eigenvalue weighted by atomic mass is 16.6. The predicted molar refractivity (Wildman–Crippen MR) is 92.8 cm³/mol. The molecule has 2 aromatic carbocycles. The Balaban J connectivity index is 1.63. The van der Waals surface area contributed by atoms with Crippen molar-refractivity contribution < 1.29 is 28.9 Å². The molecule has 0 spiro atoms. The summed E-state index contributed by atoms with van der Waals surface area (Å²) >= 11 is 0. The minimum atomic E-state index is -1.26. The second-order valence-electron chi connectivity index (χ2n) is 6.10. The van der Waals surface area contributed by atoms with Gasteiger partial charge in [-0.2, -0.15) is 0 Å². The van der Waals surface area contributed by atoms with Crippen molar-refractivity contribution in [3.63, 3.8) is 0 Å². The summed E-state index contributed by atoms with van der Waals surface area (Å²) in [5, 5.41) is 10.3. The lowest BCUT2D eigenvalue weighted by Crippen LogP contribution is -2.49. The summed E-state index contributed by atoms with van der Waals surface area (Å²) in [7, 11) is 0. The van der Waals surface area contributed by atoms with E-state index in [1.807, 2.05) is 0 Å². The second kappa shape index (κ2) is 8.12. The van der Waals surface area contributed by atoms with Gasteiger partial charge in [-0.1, -0.05) is 36.4 Å². The zero-order valence-corrected chi connectivity index (χ0v) is 14.2. The maximum Gasteiger partial charge on any atom is 0.338 e. The van der Waals surface area contributed by atoms with Crippen LogP contribution in [-0.2, 0) is 14.2 Å². The Morgan fingerprint density at radius 3 is 1.77 bits per heavy atom. The van der Waals surface area contributed by atoms with Crippen LogP contribution in [0.5, 0.6) is 0 Å². The fourth-order valence-corrected chi connectivity index (χ4v) is 2.74. The number of hydrogen-bond acceptors (Lipinski definition) is 6. The molecule has 1 heterocycles. The maximum absolute atomic E-state index is 12.1. The van der Waals surface area contributed by atoms with Crippen molar-refractivity contribution in [2.75, 3.05) is 19.8 Å². The van der Waals surface area contributed by atoms with Crippen molar-refractivity contribution in [2.24, 2.45) is 0 Å². The Morgan fingerprint density at radius 1 is 0.923 bits per heavy atom. The minimum Gasteiger partial charge on any atom is -0.459 e. The van der Waals surface area contributed by atoms with E-state index in [0.29, 0.717) is 24.2 Å². The lowest BCUT2D eigenvalue weighted by molar-refractivity contribution is -0.123. The van der Waals surface area contributed by atoms with Gasteiger partial charge in [-0.3, -0.25) is 0 Å². The summed E-state index contributed by atoms with van der Waals surface area (Å²) in [6.07, 6.45) is -0.513. The molecule has 136 valence electrons. The number of ether oxygens (including phenoxy) is 3. The van der Waals surface area contributed by atoms with Crippen molar-refractivity contribution in [1.29, 1.82) is 0 Å². The van der Waals surface area contributed by atoms with E-state index in [1.54, 1.807) is 60.7 Å². The van der Waals surface area contributed by atoms with Crippen LogP contribution in [0.1, 0.15) is 27.1 Å². The molecular formula is C20H20O6. The fraction of sp³-hybridized carbons (Fsp3) is 0.300. The van der Waals surface area contributed by atoms with Crippen LogP contribution < -0.4 is 0 Å². The van der Waals surface area contributed by atoms with Crippen molar-refractivity contribution in [2.45, 2.75) is 18.1 Å². The molecule has 1 unspecified atom stereocenters. The van der Waals surface area contributed by atoms with E-state index < -0.39 is 23.6 Å². The van der Waals surface area contributed by atoms with Gasteiger partial charge >= 0.3 is 11.9 Å². The Hall–Kier alpha value is -2.70. The summed E-state index contributed by atoms with van der Waals surface area (Å²) in [4.78, 5) is 24.3. The molecule has 6 heteroatoms. The van der Waals surface area contributed by atoms with Crippen LogP contribution in [-0.4, -0.2) is 48.6 Å². The zero-order valence-electron chi connectivity index (χ0n) is 14.2. The number of hydrogen-bond donors (Lipinski definition) is 1. The van der Waals surface area contributed by atoms with Gasteiger partial charge in [-0.05, 0) is 30.7 Å². The monoisotopic (exact) mass is 356 g/mol. The molecule has 1 N–H and O–H groups in total. The van der Waals surface area contributed by atoms with Crippen LogP contribution in [0.15, 0.2) is 60.7 Å². The van der Waals surface area contributed by atoms with Crippen molar-refractivity contribution in [3.05, 3.63) is 71.8 Å². The number of esters is 2. The molecule has 0 radical (unpaired) electrons. The molecule has 1 atom stereocenters. The normalized spacial score (nSPS) is 18.3. The Morgan fingerprint density at radius 2 is 1.38 bits per heavy atom. The quantitative estimate of drug-likeness (QED) is 0.799. The molecule has 0 aromatic heterocycles. The molecule has 3 rings (SSSR count). The zero-order chi connectivity index (χ0) is 18.4. The molecule has 2 aromatic rings. The molecule has 6 nitrogen and oxygen atoms in total. The summed E-state index contributed by atoms with van der Waals surface area (Å²) in [6, 6.07) is 17.1. The second-order valence-corrected chi connectivity index (χ2v) is 6.10. The Bertz CT molecular complexity index is 688. The van der Waals surface area contributed by atoms with Crippen LogP contribution in [0, 0.1) is 0 Å². The number of rotatable bonds is 6. The van der Waals surface area contributed by atoms with Crippen LogP contribution in [0.3, 0.4) is 0 Å². The molecule has 1 aliphatic heterocycles. The summed E-state index contributed by atoms with van der Waals surface area (Å²) < 4.78 is 16.2. The lowest BCUT2D eigenvalue weighted by atomic mass is 9.99. The first kappa shape index (κ1) is 18.1. The summed E-state index contributed by atoms with van der Waals surface area (Å²) in [5.41, 5.74) is -0.456. The van der Waals surface area contributed by atoms with Gasteiger partial charge < -0.3 is 19.3 Å². The van der Waals surface area contributed by atoms with Gasteiger partial charge in [-0.25, -0.2) is 9.59 Å². The fourth-order valence-electron chi connectivity index (χ4n) is 2.74. The van der Waals surface area contributed by atoms with Gasteiger partial charge in [0.1, 0.15) is 13.2 Å². The van der Waals surface area contributed by atoms with E-state index in [1.165, 1.54) is 0 Å². The van der Waals surface area contributed by atoms with Gasteiger partial charge in [0.2, 0.25) is 0 Å². The molecular weight excluding hydrogens is 336 g/mol. The molecule has 26 heavy (non-hydrogen) atoms. The van der Waals surface area contributed by atoms with E-state index in [-0.39, 0.29) is 13.2 Å². The SMILES string of the molecule is O=C(OCC1(COC(=O)c2ccccc2)OCCC1O)c1ccccc1. The molecule has 1 fully saturated rings. The Labute approximate surface area is 151 Å². The highest BCUT2D eigenvalue weighted by Gasteiger charge is 2.46. The third-order valence-corrected chi connectivity index (χ3v) is 4.30. The van der Waals surface area contributed by atoms with Gasteiger partial charge in [0, 0.05) is 0 Å². The molecule has 0 amide bonds. The van der Waals surface area contributed by atoms with Crippen LogP contribution in [0.25, 0.3) is 0 Å². The number of aliphatic hydroxyl groups is 1. The Kier molecular flexibility index (Phi) is 5.65. The van der Waals surface area contributed by atoms with E-state index in [0.717, 1.165) is 0 Å². The van der Waals surface area contributed by atoms with Crippen molar-refractivity contribution >= 4 is 11.9 Å². The standard InChI is InChI=1S/C20H20O6/c21-17-11-12-26-20(17,13-24-18(22)15-7-3-1-4-8-15)14-25-19(23)16-9-5-2-6-10-16/h1-10,17,21H,11-14H2. The first-order valence-electron chi connectivity index (χ1n) is 8.37. The molecule has 0 aliphatic carbocycles. The molecule has 1 saturated heterocycles. The number of benzene rings is 2. The minimum absolute atomic E-state index is 0.204. The lowest BCUT2D eigenvalue weighted by Gasteiger charge is -2.30. The third-order valence-electron chi connectivity index (χ3n) is 4.30. The first-order valence-corrected chi connectivity index (χ1v) is 8.37. The van der Waals surface area contributed by atoms with Gasteiger partial charge in [0.15, 0.2) is 5.60 Å². The van der Waals surface area contributed by atoms with Crippen molar-refractivity contribution in [1.82, 2.24) is 0 Å². The third kappa shape index (κ3) is 4.09. The molecule has 0 bridgehead atoms. The number of carbonyl (C=O) groups excluding carboxylic acids is 2. The average Bonchev–Trinajstić information content (AvgIpc) is 3.06. The summed E-state index contributed by atoms with van der Waals surface area (Å²) in [5.74, 6) is -1.05. The number of carbonyl (C=O) groups is 2. The van der Waals surface area contributed by atoms with Crippen LogP contribution in [0.4, 0.5) is 0 Å². The van der Waals surface area contributed by atoms with Gasteiger partial charge in [0.25, 0.3) is 0 Å². The average molecular weight is 356 g/mol. The highest BCUT2D eigenvalue weighted by molar-refractivity contribution is 5.89. The van der Waals surface area contributed by atoms with E-state index in [2.05, 4.69) is 0 Å². The van der Waals surface area contributed by atoms with Crippen molar-refractivity contribution in [3.8, 4) is 0 Å². The molecule has 0 saturated carbocycles. The maximum atomic E-state index is 12.1. The van der Waals surface area contributed by atoms with E-state index in [9.17, 15) is 14.7 Å². The number of aliphatic hydroxyl groups excluding tert-OH is 1. The molecule has 1 aliphatic rings. The van der Waals surface area contributed by atoms with Crippen LogP contribution in [0.2, 0.25) is 0 Å². The predicted octanol–water partition coefficient (Wildman–Crippen LogP) is 2.22. The highest BCUT2D eigenvalue weighted by Crippen LogP contribution is 2.28. The smallest absolute Gasteiger partial charge is 0.338 e.